The average Bonchev–Trinajstić information content (AvgIpc) is 3.75. The lowest BCUT2D eigenvalue weighted by molar-refractivity contribution is 0.590. The highest BCUT2D eigenvalue weighted by Gasteiger charge is 2.44. The number of hydrogen-bond acceptors (Lipinski definition) is 2. The van der Waals surface area contributed by atoms with Gasteiger partial charge in [-0.3, -0.25) is 0 Å². The average molecular weight is 751 g/mol. The maximum Gasteiger partial charge on any atom is 0.334 e. The van der Waals surface area contributed by atoms with Gasteiger partial charge in [0.2, 0.25) is 0 Å². The highest BCUT2D eigenvalue weighted by molar-refractivity contribution is 6.89. The number of fused-ring (bicyclic) bond motifs is 8. The number of rotatable bonds is 3. The summed E-state index contributed by atoms with van der Waals surface area (Å²) in [6, 6.07) is 52.2. The molecule has 0 unspecified atom stereocenters. The van der Waals surface area contributed by atoms with Crippen molar-refractivity contribution in [2.75, 3.05) is 4.90 Å². The molecule has 2 aliphatic rings. The van der Waals surface area contributed by atoms with Crippen LogP contribution in [0.4, 0.5) is 17.1 Å². The van der Waals surface area contributed by atoms with Gasteiger partial charge in [-0.1, -0.05) is 133 Å². The molecular formula is C53H47BN4. The number of anilines is 3. The Kier molecular flexibility index (Phi) is 7.28. The third-order valence-corrected chi connectivity index (χ3v) is 12.9. The van der Waals surface area contributed by atoms with Crippen LogP contribution in [0.1, 0.15) is 63.8 Å². The summed E-state index contributed by atoms with van der Waals surface area (Å²) < 4.78 is 5.07. The summed E-state index contributed by atoms with van der Waals surface area (Å²) in [5, 5.41) is 2.45. The summed E-state index contributed by atoms with van der Waals surface area (Å²) in [6.45, 7) is 18.2. The van der Waals surface area contributed by atoms with Gasteiger partial charge in [-0.2, -0.15) is 0 Å². The van der Waals surface area contributed by atoms with Gasteiger partial charge in [0.25, 0.3) is 0 Å². The predicted molar refractivity (Wildman–Crippen MR) is 247 cm³/mol. The molecule has 0 atom stereocenters. The van der Waals surface area contributed by atoms with E-state index in [9.17, 15) is 0 Å². The van der Waals surface area contributed by atoms with Gasteiger partial charge in [0, 0.05) is 44.6 Å². The molecule has 58 heavy (non-hydrogen) atoms. The second kappa shape index (κ2) is 12.1. The van der Waals surface area contributed by atoms with Gasteiger partial charge in [0.15, 0.2) is 0 Å². The lowest BCUT2D eigenvalue weighted by Crippen LogP contribution is -2.57. The number of imidazole rings is 1. The summed E-state index contributed by atoms with van der Waals surface area (Å²) in [5.74, 6) is 1.02. The Morgan fingerprint density at radius 1 is 0.534 bits per heavy atom. The van der Waals surface area contributed by atoms with Crippen LogP contribution in [-0.2, 0) is 10.8 Å². The van der Waals surface area contributed by atoms with E-state index in [1.807, 2.05) is 0 Å². The van der Waals surface area contributed by atoms with Gasteiger partial charge in [-0.25, -0.2) is 4.98 Å². The molecule has 0 N–H and O–H groups in total. The van der Waals surface area contributed by atoms with E-state index in [1.54, 1.807) is 0 Å². The number of benzene rings is 7. The fourth-order valence-corrected chi connectivity index (χ4v) is 10.0. The first-order valence-electron chi connectivity index (χ1n) is 20.7. The molecule has 4 nitrogen and oxygen atoms in total. The number of hydrogen-bond donors (Lipinski definition) is 0. The fraction of sp³-hybridized carbons (Fsp3) is 0.189. The molecule has 0 bridgehead atoms. The first-order valence-corrected chi connectivity index (χ1v) is 20.7. The highest BCUT2D eigenvalue weighted by atomic mass is 15.2. The molecule has 0 saturated heterocycles. The van der Waals surface area contributed by atoms with Crippen molar-refractivity contribution in [1.82, 2.24) is 14.0 Å². The van der Waals surface area contributed by atoms with E-state index in [0.717, 1.165) is 22.5 Å². The number of aryl methyl sites for hydroxylation is 2. The molecule has 2 aliphatic heterocycles. The molecule has 0 radical (unpaired) electrons. The van der Waals surface area contributed by atoms with Gasteiger partial charge < -0.3 is 13.9 Å². The summed E-state index contributed by atoms with van der Waals surface area (Å²) in [4.78, 5) is 8.42. The summed E-state index contributed by atoms with van der Waals surface area (Å²) in [6.07, 6.45) is 0. The first-order chi connectivity index (χ1) is 27.9. The molecule has 4 heterocycles. The van der Waals surface area contributed by atoms with Gasteiger partial charge in [0.1, 0.15) is 11.3 Å². The molecule has 0 fully saturated rings. The Balaban J connectivity index is 1.33. The van der Waals surface area contributed by atoms with Crippen molar-refractivity contribution < 1.29 is 0 Å². The Morgan fingerprint density at radius 2 is 1.21 bits per heavy atom. The van der Waals surface area contributed by atoms with Crippen LogP contribution >= 0.6 is 0 Å². The minimum atomic E-state index is -0.105. The predicted octanol–water partition coefficient (Wildman–Crippen LogP) is 12.4. The third-order valence-electron chi connectivity index (χ3n) is 12.9. The van der Waals surface area contributed by atoms with E-state index < -0.39 is 0 Å². The molecule has 0 saturated carbocycles. The summed E-state index contributed by atoms with van der Waals surface area (Å²) >= 11 is 0. The van der Waals surface area contributed by atoms with E-state index in [1.165, 1.54) is 88.7 Å². The fourth-order valence-electron chi connectivity index (χ4n) is 10.0. The van der Waals surface area contributed by atoms with Crippen molar-refractivity contribution in [3.63, 3.8) is 0 Å². The standard InChI is InChI=1S/C53H47BN4/c1-32-16-14-17-33(2)46(32)51-55-48-49-40(38-20-12-13-22-43(38)57(49)36-18-10-9-11-19-36)31-41-39-21-15-23-45-47(39)54(58(51)50(41)48)42-30-35(53(6,7)8)26-29-44(42)56(45)37-27-24-34(25-28-37)52(3,4)5/h9-31H,1-8H3. The zero-order valence-electron chi connectivity index (χ0n) is 34.6. The lowest BCUT2D eigenvalue weighted by atomic mass is 9.44. The molecular weight excluding hydrogens is 703 g/mol. The van der Waals surface area contributed by atoms with Crippen molar-refractivity contribution >= 4 is 67.7 Å². The highest BCUT2D eigenvalue weighted by Crippen LogP contribution is 2.48. The molecule has 282 valence electrons. The minimum Gasteiger partial charge on any atom is -0.359 e. The molecule has 2 aromatic heterocycles. The SMILES string of the molecule is Cc1cccc(C)c1-c1nc2c3c(cc4c5ccccc5n(-c5ccccc5)c42)-c2cccc4c2B(c2cc(C(C)(C)C)ccc2N4c2ccc(C(C)(C)C)cc2)n13. The van der Waals surface area contributed by atoms with Crippen molar-refractivity contribution in [3.8, 4) is 28.2 Å². The normalized spacial score (nSPS) is 13.4. The van der Waals surface area contributed by atoms with Crippen molar-refractivity contribution in [2.45, 2.75) is 66.2 Å². The van der Waals surface area contributed by atoms with E-state index >= 15 is 0 Å². The molecule has 0 amide bonds. The molecule has 0 aliphatic carbocycles. The van der Waals surface area contributed by atoms with Crippen LogP contribution < -0.4 is 15.8 Å². The quantitative estimate of drug-likeness (QED) is 0.168. The number of aromatic nitrogens is 3. The lowest BCUT2D eigenvalue weighted by Gasteiger charge is -2.41. The Labute approximate surface area is 341 Å². The van der Waals surface area contributed by atoms with Gasteiger partial charge in [-0.15, -0.1) is 0 Å². The summed E-state index contributed by atoms with van der Waals surface area (Å²) in [7, 11) is 0. The molecule has 0 spiro atoms. The van der Waals surface area contributed by atoms with E-state index in [2.05, 4.69) is 209 Å². The maximum atomic E-state index is 5.90. The van der Waals surface area contributed by atoms with E-state index in [-0.39, 0.29) is 17.7 Å². The summed E-state index contributed by atoms with van der Waals surface area (Å²) in [5.41, 5.74) is 20.8. The van der Waals surface area contributed by atoms with Crippen molar-refractivity contribution in [3.05, 3.63) is 162 Å². The first kappa shape index (κ1) is 34.9. The maximum absolute atomic E-state index is 5.90. The van der Waals surface area contributed by atoms with Gasteiger partial charge in [-0.05, 0) is 112 Å². The van der Waals surface area contributed by atoms with Crippen LogP contribution in [0.3, 0.4) is 0 Å². The molecule has 5 heteroatoms. The van der Waals surface area contributed by atoms with Gasteiger partial charge in [0.05, 0.1) is 16.6 Å². The molecule has 7 aromatic carbocycles. The zero-order valence-corrected chi connectivity index (χ0v) is 34.6. The van der Waals surface area contributed by atoms with Gasteiger partial charge >= 0.3 is 6.85 Å². The Hall–Kier alpha value is -6.33. The van der Waals surface area contributed by atoms with Crippen LogP contribution in [0, 0.1) is 13.8 Å². The molecule has 11 rings (SSSR count). The van der Waals surface area contributed by atoms with E-state index in [4.69, 9.17) is 4.98 Å². The number of para-hydroxylation sites is 2. The second-order valence-electron chi connectivity index (χ2n) is 18.6. The molecule has 9 aromatic rings. The van der Waals surface area contributed by atoms with Crippen molar-refractivity contribution in [2.24, 2.45) is 0 Å². The third kappa shape index (κ3) is 4.86. The largest absolute Gasteiger partial charge is 0.359 e. The smallest absolute Gasteiger partial charge is 0.334 e. The van der Waals surface area contributed by atoms with E-state index in [0.29, 0.717) is 0 Å². The monoisotopic (exact) mass is 750 g/mol. The van der Waals surface area contributed by atoms with Crippen LogP contribution in [0.5, 0.6) is 0 Å². The Bertz CT molecular complexity index is 3130. The van der Waals surface area contributed by atoms with Crippen LogP contribution in [0.2, 0.25) is 0 Å². The zero-order chi connectivity index (χ0) is 39.8. The van der Waals surface area contributed by atoms with Crippen LogP contribution in [0.25, 0.3) is 61.0 Å². The number of nitrogens with zero attached hydrogens (tertiary/aromatic N) is 4. The Morgan fingerprint density at radius 3 is 1.93 bits per heavy atom. The van der Waals surface area contributed by atoms with Crippen molar-refractivity contribution in [1.29, 1.82) is 0 Å². The van der Waals surface area contributed by atoms with Crippen LogP contribution in [0.15, 0.2) is 140 Å². The second-order valence-corrected chi connectivity index (χ2v) is 18.6. The minimum absolute atomic E-state index is 0.0386. The topological polar surface area (TPSA) is 26.0 Å². The van der Waals surface area contributed by atoms with Crippen LogP contribution in [-0.4, -0.2) is 20.9 Å².